The van der Waals surface area contributed by atoms with Crippen LogP contribution in [0.25, 0.3) is 0 Å². The number of piperidine rings is 1. The van der Waals surface area contributed by atoms with Crippen LogP contribution in [0.15, 0.2) is 16.8 Å². The summed E-state index contributed by atoms with van der Waals surface area (Å²) in [5.74, 6) is -0.211. The van der Waals surface area contributed by atoms with Crippen LogP contribution >= 0.6 is 11.3 Å². The molecule has 0 bridgehead atoms. The van der Waals surface area contributed by atoms with E-state index in [-0.39, 0.29) is 24.0 Å². The Labute approximate surface area is 147 Å². The van der Waals surface area contributed by atoms with E-state index in [2.05, 4.69) is 21.7 Å². The fourth-order valence-electron chi connectivity index (χ4n) is 2.94. The summed E-state index contributed by atoms with van der Waals surface area (Å²) in [6.07, 6.45) is 1.35. The van der Waals surface area contributed by atoms with Crippen molar-refractivity contribution in [2.75, 3.05) is 40.3 Å². The summed E-state index contributed by atoms with van der Waals surface area (Å²) >= 11 is 1.66. The lowest BCUT2D eigenvalue weighted by atomic mass is 9.97. The van der Waals surface area contributed by atoms with Gasteiger partial charge in [-0.1, -0.05) is 0 Å². The molecule has 134 valence electrons. The van der Waals surface area contributed by atoms with Crippen molar-refractivity contribution in [1.29, 1.82) is 0 Å². The molecule has 1 aliphatic rings. The van der Waals surface area contributed by atoms with Gasteiger partial charge in [0.1, 0.15) is 0 Å². The highest BCUT2D eigenvalue weighted by Gasteiger charge is 2.28. The van der Waals surface area contributed by atoms with Gasteiger partial charge in [0, 0.05) is 19.6 Å². The van der Waals surface area contributed by atoms with Crippen LogP contribution in [0.2, 0.25) is 0 Å². The molecule has 0 aromatic carbocycles. The molecule has 1 aromatic heterocycles. The van der Waals surface area contributed by atoms with E-state index in [4.69, 9.17) is 4.74 Å². The lowest BCUT2D eigenvalue weighted by Crippen LogP contribution is -2.47. The highest BCUT2D eigenvalue weighted by molar-refractivity contribution is 7.07. The van der Waals surface area contributed by atoms with E-state index in [1.54, 1.807) is 16.2 Å². The Hall–Kier alpha value is -1.60. The standard InChI is InChI=1S/C17H27N3O3S/c1-4-23-16(21)13-5-8-20(9-6-13)17(22)18-11-15(19(2)3)14-7-10-24-12-14/h7,10,12-13,15H,4-6,8-9,11H2,1-3H3,(H,18,22). The molecule has 0 radical (unpaired) electrons. The molecule has 2 rings (SSSR count). The van der Waals surface area contributed by atoms with E-state index < -0.39 is 0 Å². The molecular weight excluding hydrogens is 326 g/mol. The molecule has 1 aromatic rings. The zero-order valence-electron chi connectivity index (χ0n) is 14.7. The van der Waals surface area contributed by atoms with Crippen molar-refractivity contribution >= 4 is 23.3 Å². The summed E-state index contributed by atoms with van der Waals surface area (Å²) in [7, 11) is 4.03. The Morgan fingerprint density at radius 2 is 2.12 bits per heavy atom. The average Bonchev–Trinajstić information content (AvgIpc) is 3.09. The quantitative estimate of drug-likeness (QED) is 0.798. The van der Waals surface area contributed by atoms with Gasteiger partial charge >= 0.3 is 12.0 Å². The molecule has 1 unspecified atom stereocenters. The number of rotatable bonds is 6. The molecule has 1 N–H and O–H groups in total. The topological polar surface area (TPSA) is 61.9 Å². The summed E-state index contributed by atoms with van der Waals surface area (Å²) in [6, 6.07) is 2.20. The third kappa shape index (κ3) is 4.95. The number of hydrogen-bond acceptors (Lipinski definition) is 5. The number of nitrogens with one attached hydrogen (secondary N) is 1. The first-order valence-corrected chi connectivity index (χ1v) is 9.35. The number of ether oxygens (including phenoxy) is 1. The van der Waals surface area contributed by atoms with Gasteiger partial charge in [0.2, 0.25) is 0 Å². The van der Waals surface area contributed by atoms with E-state index in [0.717, 1.165) is 0 Å². The smallest absolute Gasteiger partial charge is 0.317 e. The Morgan fingerprint density at radius 3 is 2.67 bits per heavy atom. The van der Waals surface area contributed by atoms with Gasteiger partial charge in [-0.15, -0.1) is 0 Å². The summed E-state index contributed by atoms with van der Waals surface area (Å²) in [6.45, 7) is 3.99. The zero-order valence-corrected chi connectivity index (χ0v) is 15.5. The number of likely N-dealkylation sites (N-methyl/N-ethyl adjacent to an activating group) is 1. The van der Waals surface area contributed by atoms with Crippen molar-refractivity contribution < 1.29 is 14.3 Å². The van der Waals surface area contributed by atoms with Gasteiger partial charge in [0.05, 0.1) is 18.6 Å². The molecule has 1 fully saturated rings. The first-order chi connectivity index (χ1) is 11.5. The molecule has 1 saturated heterocycles. The average molecular weight is 353 g/mol. The molecule has 24 heavy (non-hydrogen) atoms. The van der Waals surface area contributed by atoms with Crippen LogP contribution < -0.4 is 5.32 Å². The van der Waals surface area contributed by atoms with Crippen molar-refractivity contribution in [2.24, 2.45) is 5.92 Å². The second kappa shape index (κ2) is 9.03. The number of likely N-dealkylation sites (tertiary alicyclic amines) is 1. The van der Waals surface area contributed by atoms with Gasteiger partial charge in [-0.3, -0.25) is 4.79 Å². The molecule has 0 spiro atoms. The lowest BCUT2D eigenvalue weighted by molar-refractivity contribution is -0.149. The summed E-state index contributed by atoms with van der Waals surface area (Å²) in [5.41, 5.74) is 1.21. The maximum atomic E-state index is 12.4. The molecule has 1 aliphatic heterocycles. The molecule has 2 heterocycles. The second-order valence-corrected chi connectivity index (χ2v) is 7.02. The normalized spacial score (nSPS) is 16.9. The second-order valence-electron chi connectivity index (χ2n) is 6.24. The summed E-state index contributed by atoms with van der Waals surface area (Å²) < 4.78 is 5.06. The fourth-order valence-corrected chi connectivity index (χ4v) is 3.64. The Balaban J connectivity index is 1.80. The number of nitrogens with zero attached hydrogens (tertiary/aromatic N) is 2. The predicted molar refractivity (Wildman–Crippen MR) is 95.1 cm³/mol. The minimum absolute atomic E-state index is 0.0561. The van der Waals surface area contributed by atoms with Crippen molar-refractivity contribution in [1.82, 2.24) is 15.1 Å². The van der Waals surface area contributed by atoms with Crippen LogP contribution in [0.5, 0.6) is 0 Å². The number of amides is 2. The number of hydrogen-bond donors (Lipinski definition) is 1. The van der Waals surface area contributed by atoms with Crippen molar-refractivity contribution in [3.8, 4) is 0 Å². The molecular formula is C17H27N3O3S. The number of carbonyl (C=O) groups is 2. The van der Waals surface area contributed by atoms with Crippen LogP contribution in [0.3, 0.4) is 0 Å². The predicted octanol–water partition coefficient (Wildman–Crippen LogP) is 2.34. The minimum atomic E-state index is -0.136. The number of thiophene rings is 1. The van der Waals surface area contributed by atoms with Crippen LogP contribution in [-0.2, 0) is 9.53 Å². The molecule has 0 aliphatic carbocycles. The Bertz CT molecular complexity index is 525. The maximum absolute atomic E-state index is 12.4. The minimum Gasteiger partial charge on any atom is -0.466 e. The molecule has 0 saturated carbocycles. The molecule has 1 atom stereocenters. The molecule has 6 nitrogen and oxygen atoms in total. The van der Waals surface area contributed by atoms with Crippen LogP contribution in [0.1, 0.15) is 31.4 Å². The van der Waals surface area contributed by atoms with Crippen molar-refractivity contribution in [3.63, 3.8) is 0 Å². The van der Waals surface area contributed by atoms with Crippen LogP contribution in [-0.4, -0.2) is 62.1 Å². The van der Waals surface area contributed by atoms with Gasteiger partial charge < -0.3 is 19.9 Å². The highest BCUT2D eigenvalue weighted by atomic mass is 32.1. The monoisotopic (exact) mass is 353 g/mol. The maximum Gasteiger partial charge on any atom is 0.317 e. The lowest BCUT2D eigenvalue weighted by Gasteiger charge is -2.32. The van der Waals surface area contributed by atoms with E-state index in [9.17, 15) is 9.59 Å². The van der Waals surface area contributed by atoms with Crippen LogP contribution in [0, 0.1) is 5.92 Å². The van der Waals surface area contributed by atoms with E-state index in [0.29, 0.717) is 39.1 Å². The highest BCUT2D eigenvalue weighted by Crippen LogP contribution is 2.21. The summed E-state index contributed by atoms with van der Waals surface area (Å²) in [4.78, 5) is 28.0. The van der Waals surface area contributed by atoms with E-state index in [1.165, 1.54) is 5.56 Å². The van der Waals surface area contributed by atoms with Crippen molar-refractivity contribution in [3.05, 3.63) is 22.4 Å². The molecule has 7 heteroatoms. The third-order valence-electron chi connectivity index (χ3n) is 4.40. The van der Waals surface area contributed by atoms with E-state index >= 15 is 0 Å². The van der Waals surface area contributed by atoms with Crippen LogP contribution in [0.4, 0.5) is 4.79 Å². The number of urea groups is 1. The number of esters is 1. The first kappa shape index (κ1) is 18.7. The van der Waals surface area contributed by atoms with Gasteiger partial charge in [-0.25, -0.2) is 4.79 Å². The number of carbonyl (C=O) groups excluding carboxylic acids is 2. The first-order valence-electron chi connectivity index (χ1n) is 8.40. The Kier molecular flexibility index (Phi) is 7.05. The van der Waals surface area contributed by atoms with E-state index in [1.807, 2.05) is 26.4 Å². The Morgan fingerprint density at radius 1 is 1.42 bits per heavy atom. The summed E-state index contributed by atoms with van der Waals surface area (Å²) in [5, 5.41) is 7.19. The molecule has 2 amide bonds. The van der Waals surface area contributed by atoms with Gasteiger partial charge in [-0.2, -0.15) is 11.3 Å². The zero-order chi connectivity index (χ0) is 17.5. The van der Waals surface area contributed by atoms with Gasteiger partial charge in [0.25, 0.3) is 0 Å². The van der Waals surface area contributed by atoms with Crippen molar-refractivity contribution in [2.45, 2.75) is 25.8 Å². The largest absolute Gasteiger partial charge is 0.466 e. The fraction of sp³-hybridized carbons (Fsp3) is 0.647. The SMILES string of the molecule is CCOC(=O)C1CCN(C(=O)NCC(c2ccsc2)N(C)C)CC1. The third-order valence-corrected chi connectivity index (χ3v) is 5.10. The van der Waals surface area contributed by atoms with Gasteiger partial charge in [-0.05, 0) is 56.3 Å². The van der Waals surface area contributed by atoms with Gasteiger partial charge in [0.15, 0.2) is 0 Å².